The largest absolute Gasteiger partial charge is 0.399 e. The molecule has 4 nitrogen and oxygen atoms in total. The first-order valence-electron chi connectivity index (χ1n) is 5.85. The van der Waals surface area contributed by atoms with Crippen LogP contribution < -0.4 is 11.1 Å². The molecule has 0 amide bonds. The second-order valence-electron chi connectivity index (χ2n) is 4.42. The van der Waals surface area contributed by atoms with Crippen LogP contribution in [0.15, 0.2) is 35.1 Å². The Labute approximate surface area is 114 Å². The fraction of sp³-hybridized carbons (Fsp3) is 0.231. The van der Waals surface area contributed by atoms with Crippen molar-refractivity contribution in [1.82, 2.24) is 9.97 Å². The number of aryl methyl sites for hydroxylation is 1. The summed E-state index contributed by atoms with van der Waals surface area (Å²) < 4.78 is 0.882. The normalized spacial score (nSPS) is 17.5. The van der Waals surface area contributed by atoms with Crippen molar-refractivity contribution in [2.45, 2.75) is 18.9 Å². The van der Waals surface area contributed by atoms with E-state index in [-0.39, 0.29) is 6.04 Å². The van der Waals surface area contributed by atoms with Crippen LogP contribution >= 0.6 is 15.9 Å². The van der Waals surface area contributed by atoms with Gasteiger partial charge in [-0.3, -0.25) is 0 Å². The number of halogens is 1. The lowest BCUT2D eigenvalue weighted by molar-refractivity contribution is 0.751. The molecule has 1 aromatic heterocycles. The van der Waals surface area contributed by atoms with E-state index in [1.165, 1.54) is 11.1 Å². The van der Waals surface area contributed by atoms with Crippen molar-refractivity contribution in [3.63, 3.8) is 0 Å². The van der Waals surface area contributed by atoms with Gasteiger partial charge in [-0.25, -0.2) is 9.97 Å². The van der Waals surface area contributed by atoms with Gasteiger partial charge in [0, 0.05) is 18.1 Å². The van der Waals surface area contributed by atoms with Gasteiger partial charge in [0.1, 0.15) is 0 Å². The molecular weight excluding hydrogens is 292 g/mol. The van der Waals surface area contributed by atoms with Gasteiger partial charge < -0.3 is 11.1 Å². The van der Waals surface area contributed by atoms with Crippen LogP contribution in [0, 0.1) is 0 Å². The van der Waals surface area contributed by atoms with E-state index in [0.29, 0.717) is 5.95 Å². The monoisotopic (exact) mass is 304 g/mol. The molecule has 0 radical (unpaired) electrons. The van der Waals surface area contributed by atoms with Crippen molar-refractivity contribution in [3.05, 3.63) is 46.2 Å². The Hall–Kier alpha value is -1.62. The van der Waals surface area contributed by atoms with Crippen LogP contribution in [0.25, 0.3) is 0 Å². The van der Waals surface area contributed by atoms with Crippen molar-refractivity contribution in [2.24, 2.45) is 0 Å². The third kappa shape index (κ3) is 2.18. The summed E-state index contributed by atoms with van der Waals surface area (Å²) in [6.07, 6.45) is 5.59. The summed E-state index contributed by atoms with van der Waals surface area (Å²) in [4.78, 5) is 8.48. The minimum atomic E-state index is 0.279. The molecule has 0 saturated carbocycles. The van der Waals surface area contributed by atoms with E-state index in [4.69, 9.17) is 5.73 Å². The van der Waals surface area contributed by atoms with E-state index >= 15 is 0 Å². The summed E-state index contributed by atoms with van der Waals surface area (Å²) >= 11 is 3.33. The summed E-state index contributed by atoms with van der Waals surface area (Å²) in [6, 6.07) is 6.37. The fourth-order valence-electron chi connectivity index (χ4n) is 2.33. The summed E-state index contributed by atoms with van der Waals surface area (Å²) in [5.41, 5.74) is 9.25. The number of benzene rings is 1. The fourth-order valence-corrected chi connectivity index (χ4v) is 2.53. The van der Waals surface area contributed by atoms with Gasteiger partial charge >= 0.3 is 0 Å². The molecule has 0 fully saturated rings. The zero-order chi connectivity index (χ0) is 12.5. The number of rotatable bonds is 2. The highest BCUT2D eigenvalue weighted by Crippen LogP contribution is 2.34. The number of hydrogen-bond donors (Lipinski definition) is 2. The molecule has 0 saturated heterocycles. The van der Waals surface area contributed by atoms with Crippen molar-refractivity contribution < 1.29 is 0 Å². The Morgan fingerprint density at radius 2 is 2.06 bits per heavy atom. The highest BCUT2D eigenvalue weighted by Gasteiger charge is 2.22. The number of hydrogen-bond acceptors (Lipinski definition) is 4. The Kier molecular flexibility index (Phi) is 2.91. The van der Waals surface area contributed by atoms with Gasteiger partial charge in [-0.1, -0.05) is 6.07 Å². The average molecular weight is 305 g/mol. The summed E-state index contributed by atoms with van der Waals surface area (Å²) in [6.45, 7) is 0. The van der Waals surface area contributed by atoms with E-state index in [1.807, 2.05) is 6.07 Å². The van der Waals surface area contributed by atoms with Gasteiger partial charge in [-0.15, -0.1) is 0 Å². The highest BCUT2D eigenvalue weighted by atomic mass is 79.9. The highest BCUT2D eigenvalue weighted by molar-refractivity contribution is 9.10. The van der Waals surface area contributed by atoms with E-state index < -0.39 is 0 Å². The second-order valence-corrected chi connectivity index (χ2v) is 5.33. The third-order valence-electron chi connectivity index (χ3n) is 3.17. The smallest absolute Gasteiger partial charge is 0.223 e. The second kappa shape index (κ2) is 4.57. The van der Waals surface area contributed by atoms with E-state index in [1.54, 1.807) is 12.4 Å². The molecule has 3 N–H and O–H groups in total. The number of anilines is 2. The van der Waals surface area contributed by atoms with Gasteiger partial charge in [-0.05, 0) is 52.0 Å². The van der Waals surface area contributed by atoms with E-state index in [0.717, 1.165) is 23.0 Å². The van der Waals surface area contributed by atoms with Crippen LogP contribution in [0.4, 0.5) is 11.6 Å². The number of nitrogens with zero attached hydrogens (tertiary/aromatic N) is 2. The van der Waals surface area contributed by atoms with E-state index in [2.05, 4.69) is 43.3 Å². The zero-order valence-electron chi connectivity index (χ0n) is 9.73. The molecule has 1 aromatic carbocycles. The van der Waals surface area contributed by atoms with Crippen molar-refractivity contribution in [2.75, 3.05) is 11.1 Å². The molecule has 1 heterocycles. The van der Waals surface area contributed by atoms with Crippen LogP contribution in [0.1, 0.15) is 23.6 Å². The first-order chi connectivity index (χ1) is 8.72. The molecular formula is C13H13BrN4. The van der Waals surface area contributed by atoms with Crippen LogP contribution in [-0.2, 0) is 6.42 Å². The van der Waals surface area contributed by atoms with Gasteiger partial charge in [0.15, 0.2) is 0 Å². The molecule has 1 aliphatic carbocycles. The molecule has 18 heavy (non-hydrogen) atoms. The first-order valence-corrected chi connectivity index (χ1v) is 6.64. The lowest BCUT2D eigenvalue weighted by Crippen LogP contribution is -2.09. The number of nitrogens with one attached hydrogen (secondary N) is 1. The predicted octanol–water partition coefficient (Wildman–Crippen LogP) is 2.92. The molecule has 1 aliphatic rings. The first kappa shape index (κ1) is 11.5. The maximum atomic E-state index is 5.80. The lowest BCUT2D eigenvalue weighted by Gasteiger charge is -2.13. The van der Waals surface area contributed by atoms with Gasteiger partial charge in [0.25, 0.3) is 0 Å². The quantitative estimate of drug-likeness (QED) is 0.837. The summed E-state index contributed by atoms with van der Waals surface area (Å²) in [7, 11) is 0. The van der Waals surface area contributed by atoms with Gasteiger partial charge in [0.05, 0.1) is 10.5 Å². The molecule has 1 atom stereocenters. The van der Waals surface area contributed by atoms with Crippen LogP contribution in [-0.4, -0.2) is 9.97 Å². The van der Waals surface area contributed by atoms with Gasteiger partial charge in [-0.2, -0.15) is 0 Å². The van der Waals surface area contributed by atoms with Crippen molar-refractivity contribution >= 4 is 27.6 Å². The zero-order valence-corrected chi connectivity index (χ0v) is 11.3. The molecule has 92 valence electrons. The maximum Gasteiger partial charge on any atom is 0.223 e. The number of fused-ring (bicyclic) bond motifs is 1. The maximum absolute atomic E-state index is 5.80. The average Bonchev–Trinajstić information content (AvgIpc) is 2.74. The molecule has 0 spiro atoms. The number of nitrogens with two attached hydrogens (primary N) is 1. The minimum absolute atomic E-state index is 0.279. The molecule has 0 aliphatic heterocycles. The predicted molar refractivity (Wildman–Crippen MR) is 75.3 cm³/mol. The van der Waals surface area contributed by atoms with Crippen molar-refractivity contribution in [1.29, 1.82) is 0 Å². The Balaban J connectivity index is 1.82. The SMILES string of the molecule is Nc1ccc2c(c1)CCC2Nc1ncc(Br)cn1. The van der Waals surface area contributed by atoms with Gasteiger partial charge in [0.2, 0.25) is 5.95 Å². The summed E-state index contributed by atoms with van der Waals surface area (Å²) in [5, 5.41) is 3.36. The van der Waals surface area contributed by atoms with E-state index in [9.17, 15) is 0 Å². The molecule has 3 rings (SSSR count). The molecule has 2 aromatic rings. The molecule has 0 bridgehead atoms. The Morgan fingerprint density at radius 1 is 1.28 bits per heavy atom. The van der Waals surface area contributed by atoms with Crippen LogP contribution in [0.5, 0.6) is 0 Å². The summed E-state index contributed by atoms with van der Waals surface area (Å²) in [5.74, 6) is 0.660. The van der Waals surface area contributed by atoms with Crippen molar-refractivity contribution in [3.8, 4) is 0 Å². The lowest BCUT2D eigenvalue weighted by atomic mass is 10.1. The van der Waals surface area contributed by atoms with Crippen LogP contribution in [0.2, 0.25) is 0 Å². The Bertz CT molecular complexity index is 568. The standard InChI is InChI=1S/C13H13BrN4/c14-9-6-16-13(17-7-9)18-12-4-1-8-5-10(15)2-3-11(8)12/h2-3,5-7,12H,1,4,15H2,(H,16,17,18). The number of aromatic nitrogens is 2. The number of nitrogen functional groups attached to an aromatic ring is 1. The van der Waals surface area contributed by atoms with Crippen LogP contribution in [0.3, 0.4) is 0 Å². The minimum Gasteiger partial charge on any atom is -0.399 e. The molecule has 5 heteroatoms. The third-order valence-corrected chi connectivity index (χ3v) is 3.58. The Morgan fingerprint density at radius 3 is 2.83 bits per heavy atom. The molecule has 1 unspecified atom stereocenters. The topological polar surface area (TPSA) is 63.8 Å².